The van der Waals surface area contributed by atoms with Gasteiger partial charge in [0.15, 0.2) is 5.69 Å². The number of ether oxygens (including phenoxy) is 1. The number of imidazole rings is 1. The number of carboxylic acid groups (broad SMARTS) is 1. The first-order chi connectivity index (χ1) is 13.3. The van der Waals surface area contributed by atoms with Crippen LogP contribution in [0.4, 0.5) is 18.9 Å². The van der Waals surface area contributed by atoms with Crippen molar-refractivity contribution in [2.75, 3.05) is 31.2 Å². The zero-order valence-electron chi connectivity index (χ0n) is 15.3. The molecule has 2 heterocycles. The summed E-state index contributed by atoms with van der Waals surface area (Å²) in [7, 11) is 0. The lowest BCUT2D eigenvalue weighted by molar-refractivity contribution is -0.137. The van der Waals surface area contributed by atoms with Crippen LogP contribution in [0.25, 0.3) is 11.4 Å². The predicted octanol–water partition coefficient (Wildman–Crippen LogP) is 3.75. The van der Waals surface area contributed by atoms with Crippen molar-refractivity contribution < 1.29 is 27.8 Å². The summed E-state index contributed by atoms with van der Waals surface area (Å²) in [5.41, 5.74) is 0.292. The minimum atomic E-state index is -4.52. The van der Waals surface area contributed by atoms with Gasteiger partial charge in [-0.1, -0.05) is 0 Å². The van der Waals surface area contributed by atoms with Crippen molar-refractivity contribution in [3.63, 3.8) is 0 Å². The van der Waals surface area contributed by atoms with E-state index in [0.29, 0.717) is 37.7 Å². The summed E-state index contributed by atoms with van der Waals surface area (Å²) in [6, 6.07) is 3.80. The number of alkyl halides is 3. The second kappa shape index (κ2) is 6.80. The first-order valence-electron chi connectivity index (χ1n) is 9.13. The molecule has 1 saturated heterocycles. The molecule has 2 aromatic rings. The molecular formula is C19H20F3N3O3. The van der Waals surface area contributed by atoms with E-state index in [1.54, 1.807) is 17.6 Å². The molecule has 1 aromatic carbocycles. The molecule has 1 aliphatic carbocycles. The smallest absolute Gasteiger partial charge is 0.416 e. The molecule has 6 nitrogen and oxygen atoms in total. The van der Waals surface area contributed by atoms with E-state index in [1.807, 2.05) is 4.90 Å². The molecule has 4 rings (SSSR count). The second-order valence-corrected chi connectivity index (χ2v) is 7.14. The summed E-state index contributed by atoms with van der Waals surface area (Å²) in [6.45, 7) is 3.46. The number of anilines is 1. The Morgan fingerprint density at radius 3 is 2.46 bits per heavy atom. The third-order valence-corrected chi connectivity index (χ3v) is 5.08. The third-order valence-electron chi connectivity index (χ3n) is 5.08. The second-order valence-electron chi connectivity index (χ2n) is 7.14. The number of hydrogen-bond acceptors (Lipinski definition) is 4. The Labute approximate surface area is 159 Å². The topological polar surface area (TPSA) is 67.6 Å². The zero-order chi connectivity index (χ0) is 20.1. The normalized spacial score (nSPS) is 17.8. The standard InChI is InChI=1S/C19H20F3N3O3/c1-11-16(18(26)27)25(14-2-3-14)17(23-11)12-8-13(19(20,21)22)10-15(9-12)24-4-6-28-7-5-24/h8-10,14H,2-7H2,1H3,(H,26,27). The maximum Gasteiger partial charge on any atom is 0.416 e. The maximum absolute atomic E-state index is 13.6. The van der Waals surface area contributed by atoms with Gasteiger partial charge in [0, 0.05) is 30.4 Å². The van der Waals surface area contributed by atoms with Gasteiger partial charge in [-0.15, -0.1) is 0 Å². The van der Waals surface area contributed by atoms with Gasteiger partial charge in [0.05, 0.1) is 24.5 Å². The molecule has 28 heavy (non-hydrogen) atoms. The van der Waals surface area contributed by atoms with Crippen molar-refractivity contribution in [2.24, 2.45) is 0 Å². The highest BCUT2D eigenvalue weighted by Crippen LogP contribution is 2.42. The van der Waals surface area contributed by atoms with Crippen molar-refractivity contribution in [1.29, 1.82) is 0 Å². The summed E-state index contributed by atoms with van der Waals surface area (Å²) >= 11 is 0. The number of carboxylic acids is 1. The fourth-order valence-corrected chi connectivity index (χ4v) is 3.60. The van der Waals surface area contributed by atoms with Gasteiger partial charge in [-0.05, 0) is 38.0 Å². The molecule has 2 fully saturated rings. The Balaban J connectivity index is 1.88. The molecule has 0 bridgehead atoms. The molecule has 0 amide bonds. The summed E-state index contributed by atoms with van der Waals surface area (Å²) in [4.78, 5) is 17.9. The van der Waals surface area contributed by atoms with Crippen LogP contribution in [0.15, 0.2) is 18.2 Å². The summed E-state index contributed by atoms with van der Waals surface area (Å²) in [5, 5.41) is 9.56. The number of carbonyl (C=O) groups is 1. The lowest BCUT2D eigenvalue weighted by atomic mass is 10.1. The Bertz CT molecular complexity index is 913. The molecule has 2 aliphatic rings. The van der Waals surface area contributed by atoms with Crippen LogP contribution < -0.4 is 4.90 Å². The lowest BCUT2D eigenvalue weighted by Crippen LogP contribution is -2.36. The van der Waals surface area contributed by atoms with Crippen molar-refractivity contribution in [2.45, 2.75) is 32.0 Å². The number of halogens is 3. The molecule has 150 valence electrons. The lowest BCUT2D eigenvalue weighted by Gasteiger charge is -2.29. The molecule has 1 saturated carbocycles. The Kier molecular flexibility index (Phi) is 4.57. The van der Waals surface area contributed by atoms with Gasteiger partial charge in [0.1, 0.15) is 5.82 Å². The monoisotopic (exact) mass is 395 g/mol. The van der Waals surface area contributed by atoms with Gasteiger partial charge < -0.3 is 19.3 Å². The van der Waals surface area contributed by atoms with E-state index in [1.165, 1.54) is 0 Å². The van der Waals surface area contributed by atoms with Crippen LogP contribution in [0.3, 0.4) is 0 Å². The number of morpholine rings is 1. The number of nitrogens with zero attached hydrogens (tertiary/aromatic N) is 3. The van der Waals surface area contributed by atoms with Crippen molar-refractivity contribution in [3.8, 4) is 11.4 Å². The number of aromatic nitrogens is 2. The highest BCUT2D eigenvalue weighted by atomic mass is 19.4. The molecule has 1 aliphatic heterocycles. The summed E-state index contributed by atoms with van der Waals surface area (Å²) in [5.74, 6) is -0.846. The first kappa shape index (κ1) is 18.8. The minimum absolute atomic E-state index is 0.0383. The van der Waals surface area contributed by atoms with E-state index in [9.17, 15) is 23.1 Å². The van der Waals surface area contributed by atoms with E-state index in [0.717, 1.165) is 25.0 Å². The van der Waals surface area contributed by atoms with Crippen LogP contribution >= 0.6 is 0 Å². The Morgan fingerprint density at radius 1 is 1.21 bits per heavy atom. The van der Waals surface area contributed by atoms with Gasteiger partial charge in [0.2, 0.25) is 0 Å². The summed E-state index contributed by atoms with van der Waals surface area (Å²) < 4.78 is 47.5. The number of benzene rings is 1. The van der Waals surface area contributed by atoms with Crippen LogP contribution in [0.2, 0.25) is 0 Å². The van der Waals surface area contributed by atoms with Crippen molar-refractivity contribution in [1.82, 2.24) is 9.55 Å². The largest absolute Gasteiger partial charge is 0.477 e. The molecule has 1 N–H and O–H groups in total. The minimum Gasteiger partial charge on any atom is -0.477 e. The van der Waals surface area contributed by atoms with Crippen LogP contribution in [0.1, 0.15) is 40.6 Å². The third kappa shape index (κ3) is 3.46. The molecule has 0 unspecified atom stereocenters. The molecule has 0 atom stereocenters. The molecule has 1 aromatic heterocycles. The molecule has 9 heteroatoms. The predicted molar refractivity (Wildman–Crippen MR) is 95.7 cm³/mol. The Morgan fingerprint density at radius 2 is 1.89 bits per heavy atom. The number of hydrogen-bond donors (Lipinski definition) is 1. The Hall–Kier alpha value is -2.55. The average Bonchev–Trinajstić information content (AvgIpc) is 3.43. The van der Waals surface area contributed by atoms with Crippen LogP contribution in [-0.4, -0.2) is 46.9 Å². The van der Waals surface area contributed by atoms with Crippen molar-refractivity contribution in [3.05, 3.63) is 35.2 Å². The zero-order valence-corrected chi connectivity index (χ0v) is 15.3. The van der Waals surface area contributed by atoms with E-state index in [4.69, 9.17) is 4.74 Å². The van der Waals surface area contributed by atoms with Crippen LogP contribution in [0.5, 0.6) is 0 Å². The molecular weight excluding hydrogens is 375 g/mol. The van der Waals surface area contributed by atoms with Gasteiger partial charge in [-0.3, -0.25) is 0 Å². The van der Waals surface area contributed by atoms with E-state index < -0.39 is 17.7 Å². The number of aromatic carboxylic acids is 1. The fourth-order valence-electron chi connectivity index (χ4n) is 3.60. The summed E-state index contributed by atoms with van der Waals surface area (Å²) in [6.07, 6.45) is -2.94. The number of rotatable bonds is 4. The van der Waals surface area contributed by atoms with Gasteiger partial charge >= 0.3 is 12.1 Å². The van der Waals surface area contributed by atoms with Crippen LogP contribution in [0, 0.1) is 6.92 Å². The first-order valence-corrected chi connectivity index (χ1v) is 9.13. The fraction of sp³-hybridized carbons (Fsp3) is 0.474. The molecule has 0 spiro atoms. The van der Waals surface area contributed by atoms with E-state index in [2.05, 4.69) is 4.98 Å². The van der Waals surface area contributed by atoms with Gasteiger partial charge in [0.25, 0.3) is 0 Å². The van der Waals surface area contributed by atoms with Gasteiger partial charge in [-0.2, -0.15) is 13.2 Å². The van der Waals surface area contributed by atoms with E-state index >= 15 is 0 Å². The number of aryl methyl sites for hydroxylation is 1. The van der Waals surface area contributed by atoms with Crippen molar-refractivity contribution >= 4 is 11.7 Å². The quantitative estimate of drug-likeness (QED) is 0.854. The van der Waals surface area contributed by atoms with Crippen LogP contribution in [-0.2, 0) is 10.9 Å². The molecule has 0 radical (unpaired) electrons. The SMILES string of the molecule is Cc1nc(-c2cc(N3CCOCC3)cc(C(F)(F)F)c2)n(C2CC2)c1C(=O)O. The highest BCUT2D eigenvalue weighted by Gasteiger charge is 2.35. The maximum atomic E-state index is 13.6. The average molecular weight is 395 g/mol. The highest BCUT2D eigenvalue weighted by molar-refractivity contribution is 5.88. The van der Waals surface area contributed by atoms with E-state index in [-0.39, 0.29) is 23.1 Å². The van der Waals surface area contributed by atoms with Gasteiger partial charge in [-0.25, -0.2) is 9.78 Å².